The molecule has 7 aromatic carbocycles. The summed E-state index contributed by atoms with van der Waals surface area (Å²) in [6.45, 7) is 58.4. The molecular weight excluding hydrogens is 1880 g/mol. The van der Waals surface area contributed by atoms with Crippen molar-refractivity contribution >= 4 is 53.5 Å². The van der Waals surface area contributed by atoms with Gasteiger partial charge in [0.1, 0.15) is 86.6 Å². The number of aliphatic hydroxyl groups is 7. The number of aliphatic hydroxyl groups excluding tert-OH is 6. The predicted molar refractivity (Wildman–Crippen MR) is 561 cm³/mol. The van der Waals surface area contributed by atoms with Crippen LogP contribution in [0.15, 0.2) is 219 Å². The van der Waals surface area contributed by atoms with E-state index < -0.39 is 149 Å². The molecule has 6 saturated heterocycles. The number of hydrogen-bond donors (Lipinski definition) is 7. The third kappa shape index (κ3) is 38.5. The van der Waals surface area contributed by atoms with Crippen LogP contribution < -0.4 is 0 Å². The molecule has 31 nitrogen and oxygen atoms in total. The first-order valence-corrected chi connectivity index (χ1v) is 50.0. The Morgan fingerprint density at radius 2 is 0.705 bits per heavy atom. The van der Waals surface area contributed by atoms with Gasteiger partial charge in [-0.3, -0.25) is 9.59 Å². The Labute approximate surface area is 866 Å². The van der Waals surface area contributed by atoms with Crippen molar-refractivity contribution in [1.82, 2.24) is 0 Å². The first-order chi connectivity index (χ1) is 69.0. The minimum absolute atomic E-state index is 0. The van der Waals surface area contributed by atoms with Crippen LogP contribution in [0.1, 0.15) is 273 Å². The molecule has 0 unspecified atom stereocenters. The van der Waals surface area contributed by atoms with E-state index in [1.165, 1.54) is 20.8 Å². The lowest BCUT2D eigenvalue weighted by molar-refractivity contribution is -0.172. The number of allylic oxidation sites excluding steroid dienone is 1. The topological polar surface area (TPSA) is 426 Å². The summed E-state index contributed by atoms with van der Waals surface area (Å²) in [5.41, 5.74) is 0.516. The fourth-order valence-electron chi connectivity index (χ4n) is 15.8. The second-order valence-electron chi connectivity index (χ2n) is 34.6. The lowest BCUT2D eigenvalue weighted by atomic mass is 9.80. The third-order valence-corrected chi connectivity index (χ3v) is 24.1. The second kappa shape index (κ2) is 67.0. The second-order valence-corrected chi connectivity index (χ2v) is 34.6. The van der Waals surface area contributed by atoms with Crippen molar-refractivity contribution in [1.29, 1.82) is 0 Å². The summed E-state index contributed by atoms with van der Waals surface area (Å²) in [4.78, 5) is 97.6. The zero-order chi connectivity index (χ0) is 110. The molecule has 0 saturated carbocycles. The Hall–Kier alpha value is -11.1. The van der Waals surface area contributed by atoms with Gasteiger partial charge in [0.15, 0.2) is 23.4 Å². The zero-order valence-corrected chi connectivity index (χ0v) is 90.2. The average molecular weight is 2050 g/mol. The third-order valence-electron chi connectivity index (χ3n) is 24.1. The van der Waals surface area contributed by atoms with Crippen LogP contribution in [0, 0.1) is 24.7 Å². The molecule has 814 valence electrons. The van der Waals surface area contributed by atoms with Gasteiger partial charge < -0.3 is 112 Å². The molecule has 6 aliphatic rings. The van der Waals surface area contributed by atoms with Crippen LogP contribution in [0.4, 0.5) is 0 Å². The van der Waals surface area contributed by atoms with Crippen molar-refractivity contribution in [2.45, 2.75) is 334 Å². The molecule has 0 aliphatic carbocycles. The highest BCUT2D eigenvalue weighted by molar-refractivity contribution is 5.92. The highest BCUT2D eigenvalue weighted by atomic mass is 16.7. The van der Waals surface area contributed by atoms with E-state index >= 15 is 0 Å². The number of hydrogen-bond acceptors (Lipinski definition) is 31. The maximum Gasteiger partial charge on any atom is 0.338 e. The van der Waals surface area contributed by atoms with Gasteiger partial charge in [-0.15, -0.1) is 0 Å². The SMILES string of the molecule is C.C=C(C)O[C@H]1[C@H](C)O[C@H](COC(C)=O)[C@@]1(C)CO.C=C(O[C@@]1(C)[C@H](C)O[C@H](COC(=O)c2ccccc2)[C@H]1OC(=O)c1ccccc1)c1ccccc1.CC.CC.CC.CC.CC.CC.CC(=O)O[C@]1(C)[C@@H](COC(=O)c2ccccc2)O[C@@H](C)[C@@H]1OC(=O)c1ccccc1.C[C@@H]1O[C@H](CO)[C@@H](O)[C@@]1(C)O.C[C@@H]1O[C@H](CO)[C@@](C)(CO)[C@H]1O.Cc1ccc(C(=O)OC[C@H]2O[C@@H](C)C[C@@H]2OC(=O)c2ccc(C)cc2)cc1. The van der Waals surface area contributed by atoms with Gasteiger partial charge in [0.2, 0.25) is 0 Å². The van der Waals surface area contributed by atoms with Crippen molar-refractivity contribution in [2.75, 3.05) is 52.9 Å². The number of aryl methyl sites for hydroxylation is 2. The van der Waals surface area contributed by atoms with Crippen molar-refractivity contribution in [2.24, 2.45) is 10.8 Å². The fraction of sp³-hybridized carbons (Fsp3) is 0.530. The quantitative estimate of drug-likeness (QED) is 0.0143. The standard InChI is InChI=1S/C29H28O6.C23H24O7.C22H24O5.C13H22O5.C8H16O4.C7H14O4.6C2H6.CH4/c1-20(22-13-7-4-8-14-22)35-29(3)21(2)33-25(19-32-27(30)23-15-9-5-10-16-23)26(29)34-28(31)24-17-11-6-12-18-24;1-15-20(29-22(26)18-12-8-5-9-13-18)23(3,30-16(2)24)19(28-15)14-27-21(25)17-10-6-4-7-11-17;1-14-4-8-17(9-5-14)21(23)25-13-20-19(12-16(3)26-20)27-22(24)18-10-6-15(2)7-11-18;1-8(2)17-12-9(3)18-11(6-16-10(4)15)13(12,5)7-14;1-5-7(11)8(2,4-10)6(3-9)12-5;1-4-7(2,10)6(9)5(3-8)11-4;6*1-2;/h4-18,21,25-26H,1,19H2,2-3H3;4-13,15,19-20H,14H2,1-3H3;4-11,16,19-20H,12-13H2,1-3H3;9,11-12,14H,1,6-7H2,2-5H3;5-7,9-11H,3-4H2,1-2H3;4-6,8-10H,3H2,1-2H3;6*1-2H3;1H4/t21-,25+,26+,29-;15-,19+,20-,23+;16-,19-,20+;9-,11+,12-,13+;5-,6+,7-,8+;4-,5+,6+,7-;;;;;;;/m000000......./s1. The lowest BCUT2D eigenvalue weighted by Crippen LogP contribution is -2.52. The highest BCUT2D eigenvalue weighted by Crippen LogP contribution is 2.44. The van der Waals surface area contributed by atoms with Crippen molar-refractivity contribution < 1.29 is 150 Å². The lowest BCUT2D eigenvalue weighted by Gasteiger charge is -2.35. The Kier molecular flexibility index (Phi) is 60.9. The van der Waals surface area contributed by atoms with Gasteiger partial charge in [-0.2, -0.15) is 0 Å². The van der Waals surface area contributed by atoms with Gasteiger partial charge in [0.05, 0.1) is 120 Å². The van der Waals surface area contributed by atoms with Gasteiger partial charge in [-0.1, -0.05) is 256 Å². The van der Waals surface area contributed by atoms with E-state index in [0.29, 0.717) is 51.3 Å². The molecule has 0 amide bonds. The van der Waals surface area contributed by atoms with E-state index in [1.54, 1.807) is 175 Å². The molecule has 0 aromatic heterocycles. The molecule has 0 radical (unpaired) electrons. The summed E-state index contributed by atoms with van der Waals surface area (Å²) in [5, 5.41) is 64.8. The fourth-order valence-corrected chi connectivity index (χ4v) is 15.8. The molecule has 146 heavy (non-hydrogen) atoms. The highest BCUT2D eigenvalue weighted by Gasteiger charge is 2.60. The maximum atomic E-state index is 13.0. The first kappa shape index (κ1) is 133. The number of ether oxygens (including phenoxy) is 16. The molecule has 7 N–H and O–H groups in total. The molecular formula is C115H168O31. The molecule has 23 atom stereocenters. The summed E-state index contributed by atoms with van der Waals surface area (Å²) in [6, 6.07) is 58.2. The van der Waals surface area contributed by atoms with Crippen LogP contribution in [-0.4, -0.2) is 263 Å². The van der Waals surface area contributed by atoms with Gasteiger partial charge in [0.25, 0.3) is 0 Å². The van der Waals surface area contributed by atoms with Gasteiger partial charge >= 0.3 is 47.8 Å². The van der Waals surface area contributed by atoms with E-state index in [-0.39, 0.29) is 96.8 Å². The van der Waals surface area contributed by atoms with E-state index in [0.717, 1.165) is 16.7 Å². The van der Waals surface area contributed by atoms with Gasteiger partial charge in [-0.25, -0.2) is 28.8 Å². The number of carbonyl (C=O) groups is 8. The molecule has 6 aliphatic heterocycles. The molecule has 6 heterocycles. The number of benzene rings is 7. The Morgan fingerprint density at radius 1 is 0.349 bits per heavy atom. The van der Waals surface area contributed by atoms with Crippen LogP contribution in [0.2, 0.25) is 0 Å². The van der Waals surface area contributed by atoms with Crippen molar-refractivity contribution in [3.63, 3.8) is 0 Å². The van der Waals surface area contributed by atoms with E-state index in [1.807, 2.05) is 198 Å². The van der Waals surface area contributed by atoms with Crippen LogP contribution >= 0.6 is 0 Å². The molecule has 31 heteroatoms. The number of carbonyl (C=O) groups excluding carboxylic acids is 8. The summed E-state index contributed by atoms with van der Waals surface area (Å²) in [7, 11) is 0. The molecule has 0 spiro atoms. The molecule has 0 bridgehead atoms. The average Bonchev–Trinajstić information content (AvgIpc) is 1.62. The predicted octanol–water partition coefficient (Wildman–Crippen LogP) is 18.4. The smallest absolute Gasteiger partial charge is 0.338 e. The summed E-state index contributed by atoms with van der Waals surface area (Å²) >= 11 is 0. The maximum absolute atomic E-state index is 13.0. The Morgan fingerprint density at radius 3 is 1.08 bits per heavy atom. The minimum atomic E-state index is -1.33. The van der Waals surface area contributed by atoms with Crippen molar-refractivity contribution in [3.05, 3.63) is 269 Å². The Bertz CT molecular complexity index is 4910. The summed E-state index contributed by atoms with van der Waals surface area (Å²) < 4.78 is 89.9. The number of esters is 8. The monoisotopic (exact) mass is 2050 g/mol. The van der Waals surface area contributed by atoms with Crippen molar-refractivity contribution in [3.8, 4) is 0 Å². The van der Waals surface area contributed by atoms with E-state index in [9.17, 15) is 58.8 Å². The van der Waals surface area contributed by atoms with E-state index in [2.05, 4.69) is 13.2 Å². The minimum Gasteiger partial charge on any atom is -0.492 e. The van der Waals surface area contributed by atoms with Crippen LogP contribution in [-0.2, 0) is 85.4 Å². The van der Waals surface area contributed by atoms with E-state index in [4.69, 9.17) is 91.1 Å². The number of rotatable bonds is 27. The zero-order valence-electron chi connectivity index (χ0n) is 90.2. The van der Waals surface area contributed by atoms with Crippen LogP contribution in [0.25, 0.3) is 5.76 Å². The summed E-state index contributed by atoms with van der Waals surface area (Å²) in [5.74, 6) is -2.83. The van der Waals surface area contributed by atoms with Crippen LogP contribution in [0.3, 0.4) is 0 Å². The summed E-state index contributed by atoms with van der Waals surface area (Å²) in [6.07, 6.45) is -9.23. The van der Waals surface area contributed by atoms with Gasteiger partial charge in [0, 0.05) is 31.2 Å². The molecule has 7 aromatic rings. The molecule has 6 fully saturated rings. The van der Waals surface area contributed by atoms with Gasteiger partial charge in [-0.05, 0) is 156 Å². The van der Waals surface area contributed by atoms with Crippen LogP contribution in [0.5, 0.6) is 0 Å². The molecule has 13 rings (SSSR count). The normalized spacial score (nSPS) is 27.3. The first-order valence-electron chi connectivity index (χ1n) is 50.0. The Balaban J connectivity index is 0.000000887. The largest absolute Gasteiger partial charge is 0.492 e.